The molecule has 0 fully saturated rings. The molecule has 0 aliphatic heterocycles. The molecule has 19 heteroatoms. The minimum atomic E-state index is -4.94. The number of phosphoric ester groups is 2. The summed E-state index contributed by atoms with van der Waals surface area (Å²) in [5.41, 5.74) is 0. The minimum Gasteiger partial charge on any atom is -0.462 e. The Morgan fingerprint density at radius 1 is 0.325 bits per heavy atom. The smallest absolute Gasteiger partial charge is 0.462 e. The molecule has 0 saturated carbocycles. The van der Waals surface area contributed by atoms with Gasteiger partial charge in [-0.3, -0.25) is 37.3 Å². The minimum absolute atomic E-state index is 0.102. The summed E-state index contributed by atoms with van der Waals surface area (Å²) in [6.45, 7) is 7.07. The van der Waals surface area contributed by atoms with Crippen LogP contribution in [0, 0.1) is 5.92 Å². The monoisotopic (exact) mass is 1230 g/mol. The first-order valence-electron chi connectivity index (χ1n) is 33.6. The molecule has 492 valence electrons. The van der Waals surface area contributed by atoms with Gasteiger partial charge in [-0.1, -0.05) is 272 Å². The van der Waals surface area contributed by atoms with Crippen LogP contribution in [0.2, 0.25) is 0 Å². The molecule has 0 radical (unpaired) electrons. The standard InChI is InChI=1S/C64H124O17P2/c1-6-9-12-15-18-21-23-24-25-26-27-28-30-33-39-44-49-63(68)80-59(53-75-62(67)48-43-38-32-29-22-19-16-13-10-7-2)55-78-82(70,71)76-51-58(65)52-77-83(72,73)79-56-60(54-74-61(66)47-42-37-31-20-17-14-11-8-3)81-64(69)50-45-40-35-34-36-41-46-57(4)5/h57-60,65H,6-56H2,1-5H3,(H,70,71)(H,72,73)/t58-,59-,60-/m1/s1. The molecule has 3 N–H and O–H groups in total. The molecular weight excluding hydrogens is 1100 g/mol. The van der Waals surface area contributed by atoms with Crippen molar-refractivity contribution in [2.24, 2.45) is 5.92 Å². The molecule has 0 amide bonds. The molecule has 0 aliphatic carbocycles. The van der Waals surface area contributed by atoms with Crippen LogP contribution in [0.1, 0.15) is 324 Å². The van der Waals surface area contributed by atoms with E-state index >= 15 is 0 Å². The summed E-state index contributed by atoms with van der Waals surface area (Å²) in [5.74, 6) is -1.47. The van der Waals surface area contributed by atoms with Gasteiger partial charge in [0.1, 0.15) is 19.3 Å². The van der Waals surface area contributed by atoms with Crippen LogP contribution >= 0.6 is 15.6 Å². The number of carbonyl (C=O) groups is 4. The third-order valence-corrected chi connectivity index (χ3v) is 16.7. The Hall–Kier alpha value is -1.94. The fraction of sp³-hybridized carbons (Fsp3) is 0.938. The Morgan fingerprint density at radius 2 is 0.554 bits per heavy atom. The Labute approximate surface area is 505 Å². The number of aliphatic hydroxyl groups excluding tert-OH is 1. The fourth-order valence-corrected chi connectivity index (χ4v) is 11.2. The highest BCUT2D eigenvalue weighted by molar-refractivity contribution is 7.47. The molecule has 5 atom stereocenters. The zero-order valence-corrected chi connectivity index (χ0v) is 55.1. The van der Waals surface area contributed by atoms with Crippen molar-refractivity contribution in [2.45, 2.75) is 342 Å². The third-order valence-electron chi connectivity index (χ3n) is 14.8. The lowest BCUT2D eigenvalue weighted by molar-refractivity contribution is -0.161. The van der Waals surface area contributed by atoms with E-state index in [-0.39, 0.29) is 25.7 Å². The molecule has 0 heterocycles. The van der Waals surface area contributed by atoms with Crippen LogP contribution < -0.4 is 0 Å². The summed E-state index contributed by atoms with van der Waals surface area (Å²) in [6.07, 6.45) is 41.9. The first-order valence-corrected chi connectivity index (χ1v) is 36.6. The van der Waals surface area contributed by atoms with Gasteiger partial charge in [-0.2, -0.15) is 0 Å². The van der Waals surface area contributed by atoms with E-state index in [2.05, 4.69) is 34.6 Å². The SMILES string of the molecule is CCCCCCCCCCCCCCCCCCC(=O)O[C@H](COC(=O)CCCCCCCCCCCC)COP(=O)(O)OC[C@@H](O)COP(=O)(O)OC[C@@H](COC(=O)CCCCCCCCCC)OC(=O)CCCCCCCCC(C)C. The number of phosphoric acid groups is 2. The van der Waals surface area contributed by atoms with Gasteiger partial charge in [0, 0.05) is 25.7 Å². The zero-order valence-electron chi connectivity index (χ0n) is 53.3. The van der Waals surface area contributed by atoms with Gasteiger partial charge in [0.05, 0.1) is 26.4 Å². The molecule has 0 aromatic rings. The van der Waals surface area contributed by atoms with Gasteiger partial charge < -0.3 is 33.8 Å². The van der Waals surface area contributed by atoms with Gasteiger partial charge in [-0.05, 0) is 31.6 Å². The van der Waals surface area contributed by atoms with Crippen LogP contribution in [0.5, 0.6) is 0 Å². The second-order valence-electron chi connectivity index (χ2n) is 23.6. The molecule has 2 unspecified atom stereocenters. The van der Waals surface area contributed by atoms with Crippen LogP contribution in [-0.4, -0.2) is 96.7 Å². The molecule has 0 bridgehead atoms. The van der Waals surface area contributed by atoms with E-state index in [9.17, 15) is 43.2 Å². The van der Waals surface area contributed by atoms with Crippen LogP contribution in [0.25, 0.3) is 0 Å². The largest absolute Gasteiger partial charge is 0.472 e. The van der Waals surface area contributed by atoms with Crippen molar-refractivity contribution >= 4 is 39.5 Å². The second-order valence-corrected chi connectivity index (χ2v) is 26.5. The number of carbonyl (C=O) groups excluding carboxylic acids is 4. The quantitative estimate of drug-likeness (QED) is 0.0222. The van der Waals surface area contributed by atoms with Crippen molar-refractivity contribution in [1.82, 2.24) is 0 Å². The van der Waals surface area contributed by atoms with Crippen LogP contribution in [0.15, 0.2) is 0 Å². The van der Waals surface area contributed by atoms with E-state index in [0.29, 0.717) is 31.6 Å². The first-order chi connectivity index (χ1) is 40.0. The van der Waals surface area contributed by atoms with E-state index in [4.69, 9.17) is 37.0 Å². The van der Waals surface area contributed by atoms with Gasteiger partial charge in [-0.25, -0.2) is 9.13 Å². The van der Waals surface area contributed by atoms with Gasteiger partial charge in [0.25, 0.3) is 0 Å². The summed E-state index contributed by atoms with van der Waals surface area (Å²) in [5, 5.41) is 10.5. The van der Waals surface area contributed by atoms with Crippen molar-refractivity contribution in [3.8, 4) is 0 Å². The van der Waals surface area contributed by atoms with E-state index in [1.165, 1.54) is 141 Å². The molecule has 0 spiro atoms. The predicted molar refractivity (Wildman–Crippen MR) is 331 cm³/mol. The average molecular weight is 1230 g/mol. The number of esters is 4. The highest BCUT2D eigenvalue weighted by Crippen LogP contribution is 2.45. The number of aliphatic hydroxyl groups is 1. The number of rotatable bonds is 64. The van der Waals surface area contributed by atoms with Crippen LogP contribution in [0.4, 0.5) is 0 Å². The zero-order chi connectivity index (χ0) is 61.3. The summed E-state index contributed by atoms with van der Waals surface area (Å²) < 4.78 is 67.9. The van der Waals surface area contributed by atoms with E-state index in [0.717, 1.165) is 96.3 Å². The van der Waals surface area contributed by atoms with Crippen molar-refractivity contribution in [3.63, 3.8) is 0 Å². The van der Waals surface area contributed by atoms with Crippen molar-refractivity contribution < 1.29 is 80.2 Å². The maximum Gasteiger partial charge on any atom is 0.472 e. The Kier molecular flexibility index (Phi) is 56.4. The van der Waals surface area contributed by atoms with E-state index < -0.39 is 97.5 Å². The van der Waals surface area contributed by atoms with Crippen molar-refractivity contribution in [1.29, 1.82) is 0 Å². The van der Waals surface area contributed by atoms with Crippen LogP contribution in [-0.2, 0) is 65.4 Å². The number of ether oxygens (including phenoxy) is 4. The molecule has 0 rings (SSSR count). The van der Waals surface area contributed by atoms with E-state index in [1.807, 2.05) is 0 Å². The number of hydrogen-bond acceptors (Lipinski definition) is 15. The maximum absolute atomic E-state index is 13.0. The summed E-state index contributed by atoms with van der Waals surface area (Å²) in [4.78, 5) is 72.1. The fourth-order valence-electron chi connectivity index (χ4n) is 9.58. The van der Waals surface area contributed by atoms with E-state index in [1.54, 1.807) is 0 Å². The summed E-state index contributed by atoms with van der Waals surface area (Å²) in [7, 11) is -9.88. The Morgan fingerprint density at radius 3 is 0.819 bits per heavy atom. The van der Waals surface area contributed by atoms with Crippen molar-refractivity contribution in [2.75, 3.05) is 39.6 Å². The van der Waals surface area contributed by atoms with Gasteiger partial charge in [0.2, 0.25) is 0 Å². The number of hydrogen-bond donors (Lipinski definition) is 3. The highest BCUT2D eigenvalue weighted by Gasteiger charge is 2.30. The predicted octanol–water partition coefficient (Wildman–Crippen LogP) is 17.8. The Bertz CT molecular complexity index is 1620. The lowest BCUT2D eigenvalue weighted by atomic mass is 10.0. The third kappa shape index (κ3) is 58.8. The molecule has 0 aromatic heterocycles. The highest BCUT2D eigenvalue weighted by atomic mass is 31.2. The summed E-state index contributed by atoms with van der Waals surface area (Å²) >= 11 is 0. The Balaban J connectivity index is 5.19. The molecule has 0 aliphatic rings. The van der Waals surface area contributed by atoms with Crippen molar-refractivity contribution in [3.05, 3.63) is 0 Å². The normalized spacial score (nSPS) is 14.2. The molecule has 0 saturated heterocycles. The van der Waals surface area contributed by atoms with Crippen LogP contribution in [0.3, 0.4) is 0 Å². The van der Waals surface area contributed by atoms with Gasteiger partial charge in [0.15, 0.2) is 12.2 Å². The lowest BCUT2D eigenvalue weighted by Gasteiger charge is -2.21. The first kappa shape index (κ1) is 81.1. The maximum atomic E-state index is 13.0. The molecule has 83 heavy (non-hydrogen) atoms. The summed E-state index contributed by atoms with van der Waals surface area (Å²) in [6, 6.07) is 0. The average Bonchev–Trinajstić information content (AvgIpc) is 3.45. The topological polar surface area (TPSA) is 237 Å². The van der Waals surface area contributed by atoms with Gasteiger partial charge >= 0.3 is 39.5 Å². The second kappa shape index (κ2) is 57.8. The molecule has 17 nitrogen and oxygen atoms in total. The number of unbranched alkanes of at least 4 members (excludes halogenated alkanes) is 36. The lowest BCUT2D eigenvalue weighted by Crippen LogP contribution is -2.30. The molecular formula is C64H124O17P2. The molecule has 0 aromatic carbocycles. The van der Waals surface area contributed by atoms with Gasteiger partial charge in [-0.15, -0.1) is 0 Å².